The van der Waals surface area contributed by atoms with Gasteiger partial charge in [0.05, 0.1) is 6.61 Å². The molecule has 2 aromatic rings. The first kappa shape index (κ1) is 10.7. The largest absolute Gasteiger partial charge is 0.364 e. The molecule has 0 aliphatic rings. The first-order valence-electron chi connectivity index (χ1n) is 5.31. The van der Waals surface area contributed by atoms with E-state index >= 15 is 0 Å². The average molecular weight is 210 g/mol. The summed E-state index contributed by atoms with van der Waals surface area (Å²) in [7, 11) is 0. The Hall–Kier alpha value is -1.78. The molecule has 0 heterocycles. The van der Waals surface area contributed by atoms with E-state index in [4.69, 9.17) is 11.2 Å². The Morgan fingerprint density at radius 2 is 1.88 bits per heavy atom. The van der Waals surface area contributed by atoms with Gasteiger partial charge < -0.3 is 4.74 Å². The van der Waals surface area contributed by atoms with Crippen LogP contribution in [0.1, 0.15) is 11.1 Å². The van der Waals surface area contributed by atoms with Gasteiger partial charge in [-0.05, 0) is 28.8 Å². The van der Waals surface area contributed by atoms with Gasteiger partial charge in [-0.25, -0.2) is 0 Å². The third-order valence-corrected chi connectivity index (χ3v) is 2.67. The summed E-state index contributed by atoms with van der Waals surface area (Å²) in [4.78, 5) is 0. The number of ether oxygens (including phenoxy) is 1. The van der Waals surface area contributed by atoms with Gasteiger partial charge in [0.1, 0.15) is 6.61 Å². The van der Waals surface area contributed by atoms with E-state index in [0.717, 1.165) is 0 Å². The van der Waals surface area contributed by atoms with Gasteiger partial charge in [-0.15, -0.1) is 6.42 Å². The van der Waals surface area contributed by atoms with Crippen molar-refractivity contribution < 1.29 is 4.74 Å². The van der Waals surface area contributed by atoms with Gasteiger partial charge >= 0.3 is 0 Å². The van der Waals surface area contributed by atoms with Crippen LogP contribution >= 0.6 is 0 Å². The number of rotatable bonds is 3. The van der Waals surface area contributed by atoms with Gasteiger partial charge in [-0.1, -0.05) is 42.3 Å². The van der Waals surface area contributed by atoms with E-state index in [1.807, 2.05) is 0 Å². The molecule has 0 fully saturated rings. The van der Waals surface area contributed by atoms with Crippen molar-refractivity contribution in [2.75, 3.05) is 6.61 Å². The standard InChI is InChI=1S/C15H14O/c1-3-10-16-11-13-7-5-8-14-12(2)6-4-9-15(13)14/h1,4-9H,10-11H2,2H3. The fourth-order valence-corrected chi connectivity index (χ4v) is 1.88. The number of hydrogen-bond acceptors (Lipinski definition) is 1. The molecule has 0 aliphatic carbocycles. The van der Waals surface area contributed by atoms with E-state index < -0.39 is 0 Å². The van der Waals surface area contributed by atoms with E-state index in [1.165, 1.54) is 21.9 Å². The minimum Gasteiger partial charge on any atom is -0.364 e. The van der Waals surface area contributed by atoms with Crippen LogP contribution in [0.5, 0.6) is 0 Å². The van der Waals surface area contributed by atoms with Gasteiger partial charge in [-0.2, -0.15) is 0 Å². The number of aryl methyl sites for hydroxylation is 1. The van der Waals surface area contributed by atoms with Gasteiger partial charge in [0.25, 0.3) is 0 Å². The Kier molecular flexibility index (Phi) is 3.24. The van der Waals surface area contributed by atoms with Crippen molar-refractivity contribution in [2.45, 2.75) is 13.5 Å². The summed E-state index contributed by atoms with van der Waals surface area (Å²) in [6.07, 6.45) is 5.15. The second kappa shape index (κ2) is 4.83. The normalized spacial score (nSPS) is 10.2. The third kappa shape index (κ3) is 2.08. The fourth-order valence-electron chi connectivity index (χ4n) is 1.88. The third-order valence-electron chi connectivity index (χ3n) is 2.67. The predicted octanol–water partition coefficient (Wildman–Crippen LogP) is 3.30. The zero-order valence-electron chi connectivity index (χ0n) is 9.36. The second-order valence-electron chi connectivity index (χ2n) is 3.78. The molecule has 16 heavy (non-hydrogen) atoms. The van der Waals surface area contributed by atoms with Crippen molar-refractivity contribution >= 4 is 10.8 Å². The minimum absolute atomic E-state index is 0.363. The number of fused-ring (bicyclic) bond motifs is 1. The van der Waals surface area contributed by atoms with Crippen LogP contribution in [0, 0.1) is 19.3 Å². The zero-order chi connectivity index (χ0) is 11.4. The van der Waals surface area contributed by atoms with E-state index in [0.29, 0.717) is 13.2 Å². The van der Waals surface area contributed by atoms with Crippen molar-refractivity contribution in [2.24, 2.45) is 0 Å². The molecule has 2 rings (SSSR count). The van der Waals surface area contributed by atoms with E-state index in [-0.39, 0.29) is 0 Å². The molecule has 0 saturated heterocycles. The van der Waals surface area contributed by atoms with E-state index in [9.17, 15) is 0 Å². The molecule has 0 amide bonds. The zero-order valence-corrected chi connectivity index (χ0v) is 9.36. The van der Waals surface area contributed by atoms with Crippen LogP contribution in [0.4, 0.5) is 0 Å². The number of terminal acetylenes is 1. The molecule has 0 bridgehead atoms. The lowest BCUT2D eigenvalue weighted by Gasteiger charge is -2.07. The van der Waals surface area contributed by atoms with Gasteiger partial charge in [0, 0.05) is 0 Å². The maximum atomic E-state index is 5.38. The highest BCUT2D eigenvalue weighted by atomic mass is 16.5. The van der Waals surface area contributed by atoms with Crippen LogP contribution in [0.2, 0.25) is 0 Å². The van der Waals surface area contributed by atoms with Crippen molar-refractivity contribution in [3.63, 3.8) is 0 Å². The van der Waals surface area contributed by atoms with Crippen LogP contribution in [0.3, 0.4) is 0 Å². The Balaban J connectivity index is 2.39. The topological polar surface area (TPSA) is 9.23 Å². The molecule has 1 heteroatoms. The maximum Gasteiger partial charge on any atom is 0.107 e. The molecule has 0 atom stereocenters. The number of benzene rings is 2. The van der Waals surface area contributed by atoms with Crippen LogP contribution in [-0.4, -0.2) is 6.61 Å². The summed E-state index contributed by atoms with van der Waals surface area (Å²) >= 11 is 0. The summed E-state index contributed by atoms with van der Waals surface area (Å²) in [6.45, 7) is 3.06. The van der Waals surface area contributed by atoms with Crippen LogP contribution in [0.15, 0.2) is 36.4 Å². The van der Waals surface area contributed by atoms with Crippen molar-refractivity contribution in [3.8, 4) is 12.3 Å². The average Bonchev–Trinajstić information content (AvgIpc) is 2.31. The SMILES string of the molecule is C#CCOCc1cccc2c(C)cccc12. The quantitative estimate of drug-likeness (QED) is 0.558. The Bertz CT molecular complexity index is 535. The van der Waals surface area contributed by atoms with Crippen LogP contribution in [0.25, 0.3) is 10.8 Å². The smallest absolute Gasteiger partial charge is 0.107 e. The highest BCUT2D eigenvalue weighted by Crippen LogP contribution is 2.22. The maximum absolute atomic E-state index is 5.38. The van der Waals surface area contributed by atoms with Crippen LogP contribution < -0.4 is 0 Å². The highest BCUT2D eigenvalue weighted by molar-refractivity contribution is 5.88. The van der Waals surface area contributed by atoms with Crippen molar-refractivity contribution in [1.82, 2.24) is 0 Å². The van der Waals surface area contributed by atoms with Gasteiger partial charge in [-0.3, -0.25) is 0 Å². The van der Waals surface area contributed by atoms with Gasteiger partial charge in [0.15, 0.2) is 0 Å². The molecule has 0 saturated carbocycles. The molecule has 80 valence electrons. The fraction of sp³-hybridized carbons (Fsp3) is 0.200. The monoisotopic (exact) mass is 210 g/mol. The molecular weight excluding hydrogens is 196 g/mol. The molecule has 0 aliphatic heterocycles. The summed E-state index contributed by atoms with van der Waals surface area (Å²) in [5.41, 5.74) is 2.48. The molecule has 0 spiro atoms. The lowest BCUT2D eigenvalue weighted by atomic mass is 10.0. The van der Waals surface area contributed by atoms with E-state index in [1.54, 1.807) is 0 Å². The molecule has 0 radical (unpaired) electrons. The van der Waals surface area contributed by atoms with Crippen LogP contribution in [-0.2, 0) is 11.3 Å². The van der Waals surface area contributed by atoms with E-state index in [2.05, 4.69) is 49.2 Å². The Labute approximate surface area is 96.1 Å². The molecule has 0 unspecified atom stereocenters. The minimum atomic E-state index is 0.363. The number of hydrogen-bond donors (Lipinski definition) is 0. The molecule has 1 nitrogen and oxygen atoms in total. The molecule has 0 aromatic heterocycles. The lowest BCUT2D eigenvalue weighted by molar-refractivity contribution is 0.154. The summed E-state index contributed by atoms with van der Waals surface area (Å²) in [5, 5.41) is 2.53. The molecule has 2 aromatic carbocycles. The first-order chi connectivity index (χ1) is 7.83. The summed E-state index contributed by atoms with van der Waals surface area (Å²) in [6, 6.07) is 12.6. The Morgan fingerprint density at radius 1 is 1.12 bits per heavy atom. The Morgan fingerprint density at radius 3 is 2.69 bits per heavy atom. The molecule has 0 N–H and O–H groups in total. The summed E-state index contributed by atoms with van der Waals surface area (Å²) < 4.78 is 5.38. The lowest BCUT2D eigenvalue weighted by Crippen LogP contribution is -1.94. The second-order valence-corrected chi connectivity index (χ2v) is 3.78. The van der Waals surface area contributed by atoms with Gasteiger partial charge in [0.2, 0.25) is 0 Å². The first-order valence-corrected chi connectivity index (χ1v) is 5.31. The van der Waals surface area contributed by atoms with Crippen molar-refractivity contribution in [3.05, 3.63) is 47.5 Å². The molecular formula is C15H14O. The predicted molar refractivity (Wildman–Crippen MR) is 67.2 cm³/mol. The van der Waals surface area contributed by atoms with Crippen molar-refractivity contribution in [1.29, 1.82) is 0 Å². The highest BCUT2D eigenvalue weighted by Gasteiger charge is 2.01. The summed E-state index contributed by atoms with van der Waals surface area (Å²) in [5.74, 6) is 2.48.